The molecule has 0 unspecified atom stereocenters. The topological polar surface area (TPSA) is 84.9 Å². The number of nitrogens with two attached hydrogens (primary N) is 1. The molecule has 0 heterocycles. The molecular formula is C18H18N2O3. The second-order valence-corrected chi connectivity index (χ2v) is 5.50. The van der Waals surface area contributed by atoms with Crippen LogP contribution in [0, 0.1) is 0 Å². The molecule has 0 spiro atoms. The Bertz CT molecular complexity index is 754. The van der Waals surface area contributed by atoms with Crippen LogP contribution in [-0.2, 0) is 13.0 Å². The quantitative estimate of drug-likeness (QED) is 0.672. The van der Waals surface area contributed by atoms with Gasteiger partial charge in [-0.05, 0) is 42.5 Å². The molecule has 0 fully saturated rings. The van der Waals surface area contributed by atoms with Crippen LogP contribution in [0.1, 0.15) is 39.9 Å². The van der Waals surface area contributed by atoms with Crippen molar-refractivity contribution in [2.24, 2.45) is 10.9 Å². The number of hydrogen-bond donors (Lipinski definition) is 2. The van der Waals surface area contributed by atoms with Crippen molar-refractivity contribution in [2.45, 2.75) is 25.9 Å². The van der Waals surface area contributed by atoms with Gasteiger partial charge in [0, 0.05) is 5.56 Å². The molecule has 2 aromatic carbocycles. The molecule has 0 aliphatic heterocycles. The highest BCUT2D eigenvalue weighted by Crippen LogP contribution is 2.31. The monoisotopic (exact) mass is 310 g/mol. The lowest BCUT2D eigenvalue weighted by Gasteiger charge is -2.21. The zero-order valence-electron chi connectivity index (χ0n) is 12.7. The highest BCUT2D eigenvalue weighted by Gasteiger charge is 2.24. The third kappa shape index (κ3) is 3.04. The van der Waals surface area contributed by atoms with Crippen molar-refractivity contribution in [3.05, 3.63) is 64.7 Å². The van der Waals surface area contributed by atoms with Gasteiger partial charge in [-0.3, -0.25) is 4.79 Å². The number of nitrogens with zero attached hydrogens (tertiary/aromatic N) is 1. The van der Waals surface area contributed by atoms with Crippen molar-refractivity contribution in [2.75, 3.05) is 0 Å². The van der Waals surface area contributed by atoms with E-state index in [1.54, 1.807) is 6.07 Å². The van der Waals surface area contributed by atoms with Gasteiger partial charge in [0.1, 0.15) is 12.4 Å². The minimum Gasteiger partial charge on any atom is -0.488 e. The molecule has 3 rings (SSSR count). The molecule has 0 saturated heterocycles. The van der Waals surface area contributed by atoms with E-state index in [4.69, 9.17) is 15.7 Å². The van der Waals surface area contributed by atoms with E-state index in [2.05, 4.69) is 5.16 Å². The van der Waals surface area contributed by atoms with Crippen molar-refractivity contribution in [1.29, 1.82) is 0 Å². The van der Waals surface area contributed by atoms with Gasteiger partial charge in [0.25, 0.3) is 5.91 Å². The van der Waals surface area contributed by atoms with Gasteiger partial charge in [0.05, 0.1) is 11.3 Å². The molecule has 0 atom stereocenters. The molecule has 0 bridgehead atoms. The first-order valence-corrected chi connectivity index (χ1v) is 7.54. The number of oxime groups is 1. The van der Waals surface area contributed by atoms with E-state index in [1.165, 1.54) is 0 Å². The summed E-state index contributed by atoms with van der Waals surface area (Å²) in [4.78, 5) is 11.9. The molecule has 1 aliphatic carbocycles. The summed E-state index contributed by atoms with van der Waals surface area (Å²) in [5, 5.41) is 12.5. The molecule has 118 valence electrons. The van der Waals surface area contributed by atoms with Crippen molar-refractivity contribution in [3.63, 3.8) is 0 Å². The normalized spacial score (nSPS) is 15.2. The van der Waals surface area contributed by atoms with Crippen molar-refractivity contribution in [3.8, 4) is 5.75 Å². The van der Waals surface area contributed by atoms with Gasteiger partial charge in [-0.15, -0.1) is 0 Å². The van der Waals surface area contributed by atoms with E-state index in [0.29, 0.717) is 30.1 Å². The van der Waals surface area contributed by atoms with Gasteiger partial charge >= 0.3 is 0 Å². The highest BCUT2D eigenvalue weighted by atomic mass is 16.5. The predicted molar refractivity (Wildman–Crippen MR) is 87.0 cm³/mol. The molecule has 2 aromatic rings. The van der Waals surface area contributed by atoms with Gasteiger partial charge in [-0.2, -0.15) is 0 Å². The molecule has 0 radical (unpaired) electrons. The van der Waals surface area contributed by atoms with Gasteiger partial charge in [-0.1, -0.05) is 35.5 Å². The molecule has 5 heteroatoms. The lowest BCUT2D eigenvalue weighted by atomic mass is 9.86. The number of ether oxygens (including phenoxy) is 1. The second-order valence-electron chi connectivity index (χ2n) is 5.50. The number of primary amides is 1. The number of carbonyl (C=O) groups is 1. The van der Waals surface area contributed by atoms with E-state index in [0.717, 1.165) is 29.5 Å². The highest BCUT2D eigenvalue weighted by molar-refractivity contribution is 6.07. The van der Waals surface area contributed by atoms with E-state index >= 15 is 0 Å². The largest absolute Gasteiger partial charge is 0.488 e. The standard InChI is InChI=1S/C18H18N2O3/c19-18(21)17-14-7-4-8-15(20-22)13(14)9-10-16(17)23-11-12-5-2-1-3-6-12/h1-3,5-6,9-10,22H,4,7-8,11H2,(H2,19,21). The first-order valence-electron chi connectivity index (χ1n) is 7.54. The van der Waals surface area contributed by atoms with E-state index in [9.17, 15) is 4.79 Å². The SMILES string of the molecule is NC(=O)c1c(OCc2ccccc2)ccc2c1CCCC2=NO. The molecule has 23 heavy (non-hydrogen) atoms. The van der Waals surface area contributed by atoms with Crippen LogP contribution < -0.4 is 10.5 Å². The van der Waals surface area contributed by atoms with E-state index in [-0.39, 0.29) is 0 Å². The van der Waals surface area contributed by atoms with Crippen LogP contribution in [0.15, 0.2) is 47.6 Å². The van der Waals surface area contributed by atoms with Crippen LogP contribution in [0.2, 0.25) is 0 Å². The molecule has 0 saturated carbocycles. The fraction of sp³-hybridized carbons (Fsp3) is 0.222. The summed E-state index contributed by atoms with van der Waals surface area (Å²) in [5.74, 6) is -0.0524. The van der Waals surface area contributed by atoms with Gasteiger partial charge in [0.2, 0.25) is 0 Å². The average Bonchev–Trinajstić information content (AvgIpc) is 2.59. The van der Waals surface area contributed by atoms with Gasteiger partial charge in [0.15, 0.2) is 0 Å². The van der Waals surface area contributed by atoms with Crippen molar-refractivity contribution in [1.82, 2.24) is 0 Å². The number of hydrogen-bond acceptors (Lipinski definition) is 4. The minimum atomic E-state index is -0.524. The summed E-state index contributed by atoms with van der Waals surface area (Å²) in [7, 11) is 0. The first-order chi connectivity index (χ1) is 11.2. The molecular weight excluding hydrogens is 292 g/mol. The third-order valence-electron chi connectivity index (χ3n) is 4.03. The summed E-state index contributed by atoms with van der Waals surface area (Å²) in [6.07, 6.45) is 2.22. The Morgan fingerprint density at radius 1 is 1.17 bits per heavy atom. The van der Waals surface area contributed by atoms with Crippen LogP contribution in [0.5, 0.6) is 5.75 Å². The maximum atomic E-state index is 11.9. The Labute approximate surface area is 134 Å². The van der Waals surface area contributed by atoms with Crippen molar-refractivity contribution < 1.29 is 14.7 Å². The number of amides is 1. The number of rotatable bonds is 4. The van der Waals surface area contributed by atoms with Crippen molar-refractivity contribution >= 4 is 11.6 Å². The molecule has 5 nitrogen and oxygen atoms in total. The Kier molecular flexibility index (Phi) is 4.28. The minimum absolute atomic E-state index is 0.362. The van der Waals surface area contributed by atoms with Crippen LogP contribution >= 0.6 is 0 Å². The summed E-state index contributed by atoms with van der Waals surface area (Å²) in [6, 6.07) is 13.3. The van der Waals surface area contributed by atoms with Crippen LogP contribution in [0.4, 0.5) is 0 Å². The van der Waals surface area contributed by atoms with Crippen LogP contribution in [0.25, 0.3) is 0 Å². The lowest BCUT2D eigenvalue weighted by Crippen LogP contribution is -2.21. The smallest absolute Gasteiger partial charge is 0.252 e. The Balaban J connectivity index is 1.96. The predicted octanol–water partition coefficient (Wildman–Crippen LogP) is 2.88. The zero-order valence-corrected chi connectivity index (χ0v) is 12.7. The van der Waals surface area contributed by atoms with Gasteiger partial charge in [-0.25, -0.2) is 0 Å². The molecule has 3 N–H and O–H groups in total. The summed E-state index contributed by atoms with van der Waals surface area (Å²) >= 11 is 0. The number of benzene rings is 2. The Hall–Kier alpha value is -2.82. The van der Waals surface area contributed by atoms with E-state index in [1.807, 2.05) is 36.4 Å². The summed E-state index contributed by atoms with van der Waals surface area (Å²) < 4.78 is 5.82. The zero-order chi connectivity index (χ0) is 16.2. The average molecular weight is 310 g/mol. The maximum Gasteiger partial charge on any atom is 0.252 e. The summed E-state index contributed by atoms with van der Waals surface area (Å²) in [5.41, 5.74) is 9.15. The fourth-order valence-electron chi connectivity index (χ4n) is 2.95. The van der Waals surface area contributed by atoms with E-state index < -0.39 is 5.91 Å². The second kappa shape index (κ2) is 6.52. The number of carbonyl (C=O) groups excluding carboxylic acids is 1. The fourth-order valence-corrected chi connectivity index (χ4v) is 2.95. The van der Waals surface area contributed by atoms with Gasteiger partial charge < -0.3 is 15.7 Å². The van der Waals surface area contributed by atoms with Crippen LogP contribution in [0.3, 0.4) is 0 Å². The molecule has 0 aromatic heterocycles. The Morgan fingerprint density at radius 3 is 2.65 bits per heavy atom. The summed E-state index contributed by atoms with van der Waals surface area (Å²) in [6.45, 7) is 0.362. The third-order valence-corrected chi connectivity index (χ3v) is 4.03. The molecule has 1 amide bonds. The Morgan fingerprint density at radius 2 is 1.96 bits per heavy atom. The maximum absolute atomic E-state index is 11.9. The lowest BCUT2D eigenvalue weighted by molar-refractivity contribution is 0.0995. The molecule has 1 aliphatic rings. The van der Waals surface area contributed by atoms with Crippen LogP contribution in [-0.4, -0.2) is 16.8 Å². The first kappa shape index (κ1) is 15.1. The number of fused-ring (bicyclic) bond motifs is 1.